The Morgan fingerprint density at radius 3 is 2.30 bits per heavy atom. The number of carboxylic acids is 1. The third-order valence-corrected chi connectivity index (χ3v) is 4.19. The molecule has 0 fully saturated rings. The first kappa shape index (κ1) is 16.8. The number of hydrogen-bond acceptors (Lipinski definition) is 4. The Bertz CT molecular complexity index is 742. The zero-order chi connectivity index (χ0) is 17.0. The lowest BCUT2D eigenvalue weighted by atomic mass is 10.2. The quantitative estimate of drug-likeness (QED) is 0.902. The first-order valence-electron chi connectivity index (χ1n) is 6.75. The summed E-state index contributed by atoms with van der Waals surface area (Å²) >= 11 is 0. The number of pyridine rings is 1. The van der Waals surface area contributed by atoms with Crippen LogP contribution in [0.5, 0.6) is 0 Å². The molecular weight excluding hydrogens is 316 g/mol. The highest BCUT2D eigenvalue weighted by Crippen LogP contribution is 2.11. The van der Waals surface area contributed by atoms with Gasteiger partial charge in [-0.3, -0.25) is 9.00 Å². The van der Waals surface area contributed by atoms with E-state index >= 15 is 0 Å². The van der Waals surface area contributed by atoms with Crippen molar-refractivity contribution < 1.29 is 18.9 Å². The van der Waals surface area contributed by atoms with Gasteiger partial charge in [0.25, 0.3) is 5.91 Å². The van der Waals surface area contributed by atoms with Gasteiger partial charge in [0.05, 0.1) is 5.56 Å². The molecule has 1 unspecified atom stereocenters. The second-order valence-corrected chi connectivity index (χ2v) is 6.38. The van der Waals surface area contributed by atoms with Gasteiger partial charge in [0.15, 0.2) is 0 Å². The molecule has 2 rings (SSSR count). The number of amides is 1. The minimum Gasteiger partial charge on any atom is -0.477 e. The molecule has 2 aromatic rings. The van der Waals surface area contributed by atoms with Crippen LogP contribution in [0.15, 0.2) is 47.5 Å². The van der Waals surface area contributed by atoms with Crippen molar-refractivity contribution in [1.82, 2.24) is 9.88 Å². The van der Waals surface area contributed by atoms with Gasteiger partial charge in [-0.05, 0) is 29.8 Å². The summed E-state index contributed by atoms with van der Waals surface area (Å²) in [5.41, 5.74) is 1.13. The predicted molar refractivity (Wildman–Crippen MR) is 85.8 cm³/mol. The Morgan fingerprint density at radius 1 is 1.17 bits per heavy atom. The number of carbonyl (C=O) groups is 2. The molecule has 1 N–H and O–H groups in total. The van der Waals surface area contributed by atoms with E-state index < -0.39 is 16.8 Å². The van der Waals surface area contributed by atoms with E-state index in [-0.39, 0.29) is 11.6 Å². The van der Waals surface area contributed by atoms with Gasteiger partial charge < -0.3 is 10.0 Å². The summed E-state index contributed by atoms with van der Waals surface area (Å²) in [5.74, 6) is -1.39. The number of nitrogens with zero attached hydrogens (tertiary/aromatic N) is 2. The lowest BCUT2D eigenvalue weighted by Crippen LogP contribution is -2.26. The number of aromatic carboxylic acids is 1. The minimum absolute atomic E-state index is 0.104. The van der Waals surface area contributed by atoms with Crippen LogP contribution < -0.4 is 0 Å². The monoisotopic (exact) mass is 332 g/mol. The normalized spacial score (nSPS) is 11.7. The molecule has 0 spiro atoms. The lowest BCUT2D eigenvalue weighted by Gasteiger charge is -2.17. The van der Waals surface area contributed by atoms with Gasteiger partial charge in [-0.15, -0.1) is 0 Å². The first-order chi connectivity index (χ1) is 10.9. The number of benzene rings is 1. The molecule has 7 heteroatoms. The highest BCUT2D eigenvalue weighted by molar-refractivity contribution is 7.84. The Morgan fingerprint density at radius 2 is 1.83 bits per heavy atom. The smallest absolute Gasteiger partial charge is 0.354 e. The Balaban J connectivity index is 2.07. The topological polar surface area (TPSA) is 87.6 Å². The van der Waals surface area contributed by atoms with Crippen molar-refractivity contribution in [3.05, 3.63) is 59.4 Å². The van der Waals surface area contributed by atoms with Crippen molar-refractivity contribution in [1.29, 1.82) is 0 Å². The summed E-state index contributed by atoms with van der Waals surface area (Å²) in [5, 5.41) is 8.80. The molecule has 0 saturated carbocycles. The Hall–Kier alpha value is -2.54. The van der Waals surface area contributed by atoms with E-state index in [4.69, 9.17) is 5.11 Å². The highest BCUT2D eigenvalue weighted by atomic mass is 32.2. The van der Waals surface area contributed by atoms with Crippen LogP contribution in [0, 0.1) is 0 Å². The van der Waals surface area contributed by atoms with Crippen LogP contribution in [0.3, 0.4) is 0 Å². The maximum Gasteiger partial charge on any atom is 0.354 e. The summed E-state index contributed by atoms with van der Waals surface area (Å²) in [4.78, 5) is 29.0. The molecule has 0 bridgehead atoms. The third-order valence-electron chi connectivity index (χ3n) is 3.25. The van der Waals surface area contributed by atoms with E-state index in [9.17, 15) is 13.8 Å². The second-order valence-electron chi connectivity index (χ2n) is 5.00. The van der Waals surface area contributed by atoms with Gasteiger partial charge >= 0.3 is 5.97 Å². The maximum atomic E-state index is 12.3. The SMILES string of the molecule is CN(Cc1ccc(S(C)=O)cc1)C(=O)c1ccc(C(=O)O)nc1. The molecule has 1 amide bonds. The highest BCUT2D eigenvalue weighted by Gasteiger charge is 2.14. The Kier molecular flexibility index (Phi) is 5.23. The van der Waals surface area contributed by atoms with Crippen LogP contribution in [0.1, 0.15) is 26.4 Å². The molecule has 1 aromatic carbocycles. The molecule has 1 aromatic heterocycles. The van der Waals surface area contributed by atoms with Crippen molar-refractivity contribution >= 4 is 22.7 Å². The largest absolute Gasteiger partial charge is 0.477 e. The van der Waals surface area contributed by atoms with Crippen LogP contribution in [0.2, 0.25) is 0 Å². The van der Waals surface area contributed by atoms with Crippen LogP contribution in [-0.2, 0) is 17.3 Å². The Labute approximate surface area is 136 Å². The average molecular weight is 332 g/mol. The number of rotatable bonds is 5. The number of carbonyl (C=O) groups excluding carboxylic acids is 1. The van der Waals surface area contributed by atoms with Crippen molar-refractivity contribution in [2.45, 2.75) is 11.4 Å². The molecule has 0 aliphatic heterocycles. The van der Waals surface area contributed by atoms with E-state index in [0.717, 1.165) is 10.5 Å². The zero-order valence-corrected chi connectivity index (χ0v) is 13.5. The standard InChI is InChI=1S/C16H16N2O4S/c1-18(10-11-3-6-13(7-4-11)23(2)22)15(19)12-5-8-14(16(20)21)17-9-12/h3-9H,10H2,1-2H3,(H,20,21). The van der Waals surface area contributed by atoms with E-state index in [2.05, 4.69) is 4.98 Å². The van der Waals surface area contributed by atoms with Gasteiger partial charge in [0.2, 0.25) is 0 Å². The molecule has 0 aliphatic rings. The predicted octanol–water partition coefficient (Wildman–Crippen LogP) is 1.79. The molecule has 1 heterocycles. The molecule has 0 radical (unpaired) electrons. The van der Waals surface area contributed by atoms with Gasteiger partial charge in [-0.1, -0.05) is 12.1 Å². The van der Waals surface area contributed by atoms with Crippen molar-refractivity contribution in [3.8, 4) is 0 Å². The van der Waals surface area contributed by atoms with E-state index in [1.165, 1.54) is 23.2 Å². The maximum absolute atomic E-state index is 12.3. The third kappa shape index (κ3) is 4.23. The van der Waals surface area contributed by atoms with E-state index in [0.29, 0.717) is 12.1 Å². The minimum atomic E-state index is -1.13. The van der Waals surface area contributed by atoms with Crippen LogP contribution >= 0.6 is 0 Å². The van der Waals surface area contributed by atoms with Crippen molar-refractivity contribution in [2.75, 3.05) is 13.3 Å². The second kappa shape index (κ2) is 7.15. The molecule has 1 atom stereocenters. The zero-order valence-electron chi connectivity index (χ0n) is 12.7. The molecule has 120 valence electrons. The molecule has 0 saturated heterocycles. The summed E-state index contributed by atoms with van der Waals surface area (Å²) in [6.45, 7) is 0.385. The summed E-state index contributed by atoms with van der Waals surface area (Å²) in [6.07, 6.45) is 2.87. The van der Waals surface area contributed by atoms with E-state index in [1.54, 1.807) is 25.4 Å². The fourth-order valence-corrected chi connectivity index (χ4v) is 2.52. The molecule has 23 heavy (non-hydrogen) atoms. The average Bonchev–Trinajstić information content (AvgIpc) is 2.54. The fraction of sp³-hybridized carbons (Fsp3) is 0.188. The van der Waals surface area contributed by atoms with Crippen LogP contribution in [-0.4, -0.2) is 44.4 Å². The van der Waals surface area contributed by atoms with Crippen LogP contribution in [0.4, 0.5) is 0 Å². The van der Waals surface area contributed by atoms with E-state index in [1.807, 2.05) is 12.1 Å². The molecule has 0 aliphatic carbocycles. The lowest BCUT2D eigenvalue weighted by molar-refractivity contribution is 0.0688. The molecule has 6 nitrogen and oxygen atoms in total. The summed E-state index contributed by atoms with van der Waals surface area (Å²) < 4.78 is 11.3. The van der Waals surface area contributed by atoms with Gasteiger partial charge in [0.1, 0.15) is 5.69 Å². The first-order valence-corrected chi connectivity index (χ1v) is 8.31. The number of carboxylic acid groups (broad SMARTS) is 1. The van der Waals surface area contributed by atoms with Crippen molar-refractivity contribution in [2.24, 2.45) is 0 Å². The number of hydrogen-bond donors (Lipinski definition) is 1. The van der Waals surface area contributed by atoms with Gasteiger partial charge in [-0.2, -0.15) is 0 Å². The van der Waals surface area contributed by atoms with Crippen LogP contribution in [0.25, 0.3) is 0 Å². The van der Waals surface area contributed by atoms with Crippen molar-refractivity contribution in [3.63, 3.8) is 0 Å². The number of aromatic nitrogens is 1. The van der Waals surface area contributed by atoms with Gasteiger partial charge in [0, 0.05) is 41.7 Å². The summed E-state index contributed by atoms with van der Waals surface area (Å²) in [7, 11) is 0.621. The summed E-state index contributed by atoms with van der Waals surface area (Å²) in [6, 6.07) is 9.94. The fourth-order valence-electron chi connectivity index (χ4n) is 2.00. The molecular formula is C16H16N2O4S. The van der Waals surface area contributed by atoms with Gasteiger partial charge in [-0.25, -0.2) is 9.78 Å².